The first-order valence-corrected chi connectivity index (χ1v) is 6.35. The van der Waals surface area contributed by atoms with Crippen molar-refractivity contribution in [1.29, 1.82) is 0 Å². The van der Waals surface area contributed by atoms with Gasteiger partial charge in [-0.2, -0.15) is 0 Å². The van der Waals surface area contributed by atoms with Crippen LogP contribution >= 0.6 is 23.7 Å². The second-order valence-electron chi connectivity index (χ2n) is 3.63. The zero-order chi connectivity index (χ0) is 11.4. The Morgan fingerprint density at radius 3 is 2.53 bits per heavy atom. The molecule has 0 aliphatic carbocycles. The Bertz CT molecular complexity index is 454. The fourth-order valence-electron chi connectivity index (χ4n) is 1.69. The Balaban J connectivity index is 0.00000144. The fraction of sp³-hybridized carbons (Fsp3) is 0.308. The van der Waals surface area contributed by atoms with Crippen LogP contribution in [0.5, 0.6) is 0 Å². The lowest BCUT2D eigenvalue weighted by Gasteiger charge is -1.98. The highest BCUT2D eigenvalue weighted by molar-refractivity contribution is 7.12. The molecule has 0 aliphatic heterocycles. The van der Waals surface area contributed by atoms with Crippen molar-refractivity contribution >= 4 is 23.7 Å². The summed E-state index contributed by atoms with van der Waals surface area (Å²) >= 11 is 1.81. The normalized spacial score (nSPS) is 10.0. The van der Waals surface area contributed by atoms with Crippen LogP contribution in [0.25, 0.3) is 11.3 Å². The predicted octanol–water partition coefficient (Wildman–Crippen LogP) is 3.51. The maximum Gasteiger partial charge on any atom is 0.107 e. The third kappa shape index (κ3) is 3.28. The number of nitrogens with one attached hydrogen (secondary N) is 1. The van der Waals surface area contributed by atoms with Gasteiger partial charge < -0.3 is 5.32 Å². The summed E-state index contributed by atoms with van der Waals surface area (Å²) < 4.78 is 0. The van der Waals surface area contributed by atoms with Gasteiger partial charge in [0.15, 0.2) is 0 Å². The second-order valence-corrected chi connectivity index (χ2v) is 4.80. The molecule has 0 spiro atoms. The quantitative estimate of drug-likeness (QED) is 0.918. The van der Waals surface area contributed by atoms with Crippen LogP contribution in [-0.4, -0.2) is 12.0 Å². The maximum atomic E-state index is 4.70. The van der Waals surface area contributed by atoms with Crippen molar-refractivity contribution in [3.63, 3.8) is 0 Å². The van der Waals surface area contributed by atoms with E-state index >= 15 is 0 Å². The number of rotatable bonds is 4. The van der Waals surface area contributed by atoms with E-state index in [0.29, 0.717) is 0 Å². The third-order valence-corrected chi connectivity index (χ3v) is 3.64. The summed E-state index contributed by atoms with van der Waals surface area (Å²) in [5, 5.41) is 4.31. The van der Waals surface area contributed by atoms with Crippen molar-refractivity contribution in [3.05, 3.63) is 40.2 Å². The smallest absolute Gasteiger partial charge is 0.107 e. The van der Waals surface area contributed by atoms with Gasteiger partial charge in [0.1, 0.15) is 5.01 Å². The highest BCUT2D eigenvalue weighted by Gasteiger charge is 2.10. The Labute approximate surface area is 113 Å². The molecule has 17 heavy (non-hydrogen) atoms. The van der Waals surface area contributed by atoms with Gasteiger partial charge in [0, 0.05) is 17.0 Å². The molecule has 0 saturated carbocycles. The largest absolute Gasteiger partial charge is 0.314 e. The summed E-state index contributed by atoms with van der Waals surface area (Å²) in [4.78, 5) is 6.07. The minimum absolute atomic E-state index is 0. The summed E-state index contributed by atoms with van der Waals surface area (Å²) in [7, 11) is 1.95. The Hall–Kier alpha value is -0.900. The molecule has 1 aromatic heterocycles. The lowest BCUT2D eigenvalue weighted by Crippen LogP contribution is -2.04. The molecule has 0 unspecified atom stereocenters. The van der Waals surface area contributed by atoms with Crippen molar-refractivity contribution in [2.24, 2.45) is 0 Å². The number of hydrogen-bond donors (Lipinski definition) is 1. The number of aromatic nitrogens is 1. The molecular weight excluding hydrogens is 252 g/mol. The van der Waals surface area contributed by atoms with Crippen LogP contribution in [0.4, 0.5) is 0 Å². The van der Waals surface area contributed by atoms with E-state index in [0.717, 1.165) is 18.7 Å². The molecule has 0 aliphatic rings. The third-order valence-electron chi connectivity index (χ3n) is 2.44. The molecule has 1 heterocycles. The monoisotopic (exact) mass is 268 g/mol. The summed E-state index contributed by atoms with van der Waals surface area (Å²) in [6.45, 7) is 3.04. The number of hydrogen-bond acceptors (Lipinski definition) is 3. The van der Waals surface area contributed by atoms with Crippen LogP contribution in [0.15, 0.2) is 30.3 Å². The molecule has 0 atom stereocenters. The van der Waals surface area contributed by atoms with Crippen molar-refractivity contribution in [2.75, 3.05) is 7.05 Å². The molecule has 4 heteroatoms. The van der Waals surface area contributed by atoms with Gasteiger partial charge in [-0.3, -0.25) is 0 Å². The predicted molar refractivity (Wildman–Crippen MR) is 76.9 cm³/mol. The van der Waals surface area contributed by atoms with E-state index in [1.807, 2.05) is 13.1 Å². The van der Waals surface area contributed by atoms with Crippen molar-refractivity contribution in [3.8, 4) is 11.3 Å². The highest BCUT2D eigenvalue weighted by atomic mass is 35.5. The first-order chi connectivity index (χ1) is 7.85. The fourth-order valence-corrected chi connectivity index (χ4v) is 2.73. The van der Waals surface area contributed by atoms with Crippen LogP contribution in [-0.2, 0) is 13.0 Å². The Morgan fingerprint density at radius 2 is 1.94 bits per heavy atom. The molecule has 0 fully saturated rings. The lowest BCUT2D eigenvalue weighted by molar-refractivity contribution is 0.810. The Kier molecular flexibility index (Phi) is 5.62. The number of thiazole rings is 1. The van der Waals surface area contributed by atoms with Crippen LogP contribution in [0.3, 0.4) is 0 Å². The van der Waals surface area contributed by atoms with Crippen LogP contribution < -0.4 is 5.32 Å². The van der Waals surface area contributed by atoms with Crippen molar-refractivity contribution < 1.29 is 0 Å². The molecule has 0 bridgehead atoms. The van der Waals surface area contributed by atoms with E-state index in [-0.39, 0.29) is 12.4 Å². The number of nitrogens with zero attached hydrogens (tertiary/aromatic N) is 1. The maximum absolute atomic E-state index is 4.70. The lowest BCUT2D eigenvalue weighted by atomic mass is 10.1. The molecular formula is C13H17ClN2S. The summed E-state index contributed by atoms with van der Waals surface area (Å²) in [5.41, 5.74) is 2.37. The summed E-state index contributed by atoms with van der Waals surface area (Å²) in [6.07, 6.45) is 1.05. The summed E-state index contributed by atoms with van der Waals surface area (Å²) in [5.74, 6) is 0. The molecule has 0 radical (unpaired) electrons. The topological polar surface area (TPSA) is 24.9 Å². The molecule has 92 valence electrons. The second kappa shape index (κ2) is 6.74. The average molecular weight is 269 g/mol. The first-order valence-electron chi connectivity index (χ1n) is 5.53. The highest BCUT2D eigenvalue weighted by Crippen LogP contribution is 2.28. The van der Waals surface area contributed by atoms with Crippen LogP contribution in [0.1, 0.15) is 16.8 Å². The van der Waals surface area contributed by atoms with Crippen molar-refractivity contribution in [2.45, 2.75) is 19.9 Å². The Morgan fingerprint density at radius 1 is 1.24 bits per heavy atom. The van der Waals surface area contributed by atoms with E-state index in [4.69, 9.17) is 4.98 Å². The van der Waals surface area contributed by atoms with Gasteiger partial charge in [0.25, 0.3) is 0 Å². The molecule has 2 aromatic rings. The SMILES string of the molecule is CCc1sc(CNC)nc1-c1ccccc1.Cl. The van der Waals surface area contributed by atoms with Crippen LogP contribution in [0, 0.1) is 0 Å². The molecule has 2 rings (SSSR count). The molecule has 0 saturated heterocycles. The van der Waals surface area contributed by atoms with E-state index in [1.54, 1.807) is 11.3 Å². The van der Waals surface area contributed by atoms with E-state index in [9.17, 15) is 0 Å². The number of benzene rings is 1. The van der Waals surface area contributed by atoms with Crippen LogP contribution in [0.2, 0.25) is 0 Å². The number of aryl methyl sites for hydroxylation is 1. The van der Waals surface area contributed by atoms with Crippen molar-refractivity contribution in [1.82, 2.24) is 10.3 Å². The first kappa shape index (κ1) is 14.2. The van der Waals surface area contributed by atoms with E-state index in [2.05, 4.69) is 36.5 Å². The zero-order valence-electron chi connectivity index (χ0n) is 10.1. The molecule has 0 amide bonds. The molecule has 2 nitrogen and oxygen atoms in total. The zero-order valence-corrected chi connectivity index (χ0v) is 11.7. The number of halogens is 1. The minimum atomic E-state index is 0. The minimum Gasteiger partial charge on any atom is -0.314 e. The average Bonchev–Trinajstić information content (AvgIpc) is 2.74. The van der Waals surface area contributed by atoms with Gasteiger partial charge in [-0.05, 0) is 13.5 Å². The standard InChI is InChI=1S/C13H16N2S.ClH/c1-3-11-13(10-7-5-4-6-8-10)15-12(16-11)9-14-2;/h4-8,14H,3,9H2,1-2H3;1H. The molecule has 1 N–H and O–H groups in total. The van der Waals surface area contributed by atoms with Gasteiger partial charge in [0.05, 0.1) is 5.69 Å². The van der Waals surface area contributed by atoms with Gasteiger partial charge in [-0.25, -0.2) is 4.98 Å². The molecule has 1 aromatic carbocycles. The van der Waals surface area contributed by atoms with Gasteiger partial charge in [0.2, 0.25) is 0 Å². The van der Waals surface area contributed by atoms with E-state index < -0.39 is 0 Å². The van der Waals surface area contributed by atoms with Gasteiger partial charge >= 0.3 is 0 Å². The van der Waals surface area contributed by atoms with Gasteiger partial charge in [-0.15, -0.1) is 23.7 Å². The van der Waals surface area contributed by atoms with E-state index in [1.165, 1.54) is 15.4 Å². The van der Waals surface area contributed by atoms with Gasteiger partial charge in [-0.1, -0.05) is 37.3 Å². The summed E-state index contributed by atoms with van der Waals surface area (Å²) in [6, 6.07) is 10.4.